The second-order valence-corrected chi connectivity index (χ2v) is 5.56. The van der Waals surface area contributed by atoms with Crippen molar-refractivity contribution in [2.75, 3.05) is 24.7 Å². The zero-order valence-corrected chi connectivity index (χ0v) is 12.2. The smallest absolute Gasteiger partial charge is 0.340 e. The third-order valence-electron chi connectivity index (χ3n) is 4.40. The van der Waals surface area contributed by atoms with Gasteiger partial charge in [0.2, 0.25) is 0 Å². The Morgan fingerprint density at radius 2 is 2.20 bits per heavy atom. The third kappa shape index (κ3) is 3.03. The molecule has 0 amide bonds. The van der Waals surface area contributed by atoms with Gasteiger partial charge < -0.3 is 15.8 Å². The Morgan fingerprint density at radius 3 is 2.80 bits per heavy atom. The van der Waals surface area contributed by atoms with Crippen molar-refractivity contribution in [2.24, 2.45) is 5.41 Å². The van der Waals surface area contributed by atoms with E-state index in [9.17, 15) is 4.79 Å². The van der Waals surface area contributed by atoms with E-state index in [0.717, 1.165) is 6.54 Å². The molecular formula is C15H23N3O2. The van der Waals surface area contributed by atoms with Crippen LogP contribution in [0.1, 0.15) is 49.4 Å². The van der Waals surface area contributed by atoms with Crippen LogP contribution in [0.15, 0.2) is 12.3 Å². The van der Waals surface area contributed by atoms with Crippen molar-refractivity contribution < 1.29 is 9.53 Å². The van der Waals surface area contributed by atoms with Crippen LogP contribution in [0.3, 0.4) is 0 Å². The molecule has 1 saturated carbocycles. The fraction of sp³-hybridized carbons (Fsp3) is 0.600. The second-order valence-electron chi connectivity index (χ2n) is 5.56. The first-order chi connectivity index (χ1) is 9.60. The number of nitrogens with zero attached hydrogens (tertiary/aromatic N) is 1. The van der Waals surface area contributed by atoms with Crippen LogP contribution in [0.5, 0.6) is 0 Å². The molecular weight excluding hydrogens is 254 g/mol. The van der Waals surface area contributed by atoms with Gasteiger partial charge in [-0.25, -0.2) is 9.78 Å². The Hall–Kier alpha value is -1.78. The average molecular weight is 277 g/mol. The summed E-state index contributed by atoms with van der Waals surface area (Å²) in [5.41, 5.74) is 6.82. The fourth-order valence-corrected chi connectivity index (χ4v) is 2.91. The highest BCUT2D eigenvalue weighted by atomic mass is 16.5. The lowest BCUT2D eigenvalue weighted by Crippen LogP contribution is -2.26. The number of nitrogens with one attached hydrogen (secondary N) is 1. The number of esters is 1. The van der Waals surface area contributed by atoms with Crippen molar-refractivity contribution in [3.63, 3.8) is 0 Å². The standard InChI is InChI=1S/C15H23N3O2/c1-3-15(6-4-5-7-15)10-18-13-8-11(14(19)20-2)12(16)9-17-13/h8-9H,3-7,10,16H2,1-2H3,(H,17,18). The maximum absolute atomic E-state index is 11.6. The molecule has 1 heterocycles. The normalized spacial score (nSPS) is 16.9. The molecule has 1 aromatic heterocycles. The van der Waals surface area contributed by atoms with E-state index in [4.69, 9.17) is 10.5 Å². The van der Waals surface area contributed by atoms with Crippen molar-refractivity contribution in [2.45, 2.75) is 39.0 Å². The van der Waals surface area contributed by atoms with Crippen molar-refractivity contribution >= 4 is 17.5 Å². The number of hydrogen-bond acceptors (Lipinski definition) is 5. The van der Waals surface area contributed by atoms with Gasteiger partial charge in [-0.3, -0.25) is 0 Å². The monoisotopic (exact) mass is 277 g/mol. The SMILES string of the molecule is CCC1(CNc2cc(C(=O)OC)c(N)cn2)CCCC1. The lowest BCUT2D eigenvalue weighted by molar-refractivity contribution is 0.0602. The molecule has 0 bridgehead atoms. The van der Waals surface area contributed by atoms with Crippen molar-refractivity contribution in [3.05, 3.63) is 17.8 Å². The summed E-state index contributed by atoms with van der Waals surface area (Å²) in [7, 11) is 1.35. The van der Waals surface area contributed by atoms with E-state index in [-0.39, 0.29) is 0 Å². The van der Waals surface area contributed by atoms with Gasteiger partial charge in [-0.2, -0.15) is 0 Å². The zero-order valence-electron chi connectivity index (χ0n) is 12.2. The largest absolute Gasteiger partial charge is 0.465 e. The molecule has 0 unspecified atom stereocenters. The number of carbonyl (C=O) groups excluding carboxylic acids is 1. The minimum Gasteiger partial charge on any atom is -0.465 e. The van der Waals surface area contributed by atoms with Gasteiger partial charge in [-0.15, -0.1) is 0 Å². The van der Waals surface area contributed by atoms with Gasteiger partial charge in [0.05, 0.1) is 24.6 Å². The lowest BCUT2D eigenvalue weighted by atomic mass is 9.83. The first kappa shape index (κ1) is 14.6. The molecule has 110 valence electrons. The topological polar surface area (TPSA) is 77.2 Å². The Bertz CT molecular complexity index is 482. The Morgan fingerprint density at radius 1 is 1.50 bits per heavy atom. The number of methoxy groups -OCH3 is 1. The summed E-state index contributed by atoms with van der Waals surface area (Å²) >= 11 is 0. The molecule has 0 aromatic carbocycles. The van der Waals surface area contributed by atoms with Gasteiger partial charge in [0.15, 0.2) is 0 Å². The van der Waals surface area contributed by atoms with Crippen LogP contribution >= 0.6 is 0 Å². The predicted octanol–water partition coefficient (Wildman–Crippen LogP) is 2.83. The van der Waals surface area contributed by atoms with Crippen LogP contribution < -0.4 is 11.1 Å². The highest BCUT2D eigenvalue weighted by Crippen LogP contribution is 2.40. The van der Waals surface area contributed by atoms with Crippen LogP contribution in [-0.2, 0) is 4.74 Å². The van der Waals surface area contributed by atoms with Gasteiger partial charge in [0.25, 0.3) is 0 Å². The van der Waals surface area contributed by atoms with Crippen molar-refractivity contribution in [3.8, 4) is 0 Å². The summed E-state index contributed by atoms with van der Waals surface area (Å²) < 4.78 is 4.72. The first-order valence-electron chi connectivity index (χ1n) is 7.18. The molecule has 0 atom stereocenters. The Kier molecular flexibility index (Phi) is 4.47. The van der Waals surface area contributed by atoms with Crippen molar-refractivity contribution in [1.29, 1.82) is 0 Å². The zero-order chi connectivity index (χ0) is 14.6. The Labute approximate surface area is 119 Å². The number of rotatable bonds is 5. The molecule has 1 aliphatic rings. The van der Waals surface area contributed by atoms with Gasteiger partial charge in [-0.05, 0) is 30.7 Å². The molecule has 20 heavy (non-hydrogen) atoms. The van der Waals surface area contributed by atoms with Crippen LogP contribution in [0.4, 0.5) is 11.5 Å². The number of ether oxygens (including phenoxy) is 1. The third-order valence-corrected chi connectivity index (χ3v) is 4.40. The van der Waals surface area contributed by atoms with E-state index in [2.05, 4.69) is 17.2 Å². The van der Waals surface area contributed by atoms with E-state index in [1.807, 2.05) is 0 Å². The van der Waals surface area contributed by atoms with Crippen LogP contribution in [0.2, 0.25) is 0 Å². The minimum absolute atomic E-state index is 0.341. The van der Waals surface area contributed by atoms with E-state index in [1.54, 1.807) is 6.07 Å². The summed E-state index contributed by atoms with van der Waals surface area (Å²) in [6, 6.07) is 1.67. The van der Waals surface area contributed by atoms with Crippen LogP contribution in [0.25, 0.3) is 0 Å². The molecule has 2 rings (SSSR count). The highest BCUT2D eigenvalue weighted by molar-refractivity contribution is 5.95. The quantitative estimate of drug-likeness (QED) is 0.809. The number of carbonyl (C=O) groups is 1. The number of nitrogen functional groups attached to an aromatic ring is 1. The number of nitrogens with two attached hydrogens (primary N) is 1. The molecule has 0 spiro atoms. The van der Waals surface area contributed by atoms with E-state index < -0.39 is 5.97 Å². The highest BCUT2D eigenvalue weighted by Gasteiger charge is 2.31. The number of pyridine rings is 1. The molecule has 5 heteroatoms. The van der Waals surface area contributed by atoms with Crippen LogP contribution in [0, 0.1) is 5.41 Å². The summed E-state index contributed by atoms with van der Waals surface area (Å²) in [5, 5.41) is 3.35. The average Bonchev–Trinajstić information content (AvgIpc) is 2.95. The minimum atomic E-state index is -0.431. The number of anilines is 2. The lowest BCUT2D eigenvalue weighted by Gasteiger charge is -2.28. The van der Waals surface area contributed by atoms with E-state index >= 15 is 0 Å². The van der Waals surface area contributed by atoms with Crippen LogP contribution in [-0.4, -0.2) is 24.6 Å². The van der Waals surface area contributed by atoms with Gasteiger partial charge in [0.1, 0.15) is 5.82 Å². The molecule has 1 aliphatic carbocycles. The van der Waals surface area contributed by atoms with Gasteiger partial charge in [0, 0.05) is 6.54 Å². The van der Waals surface area contributed by atoms with Crippen molar-refractivity contribution in [1.82, 2.24) is 4.98 Å². The molecule has 3 N–H and O–H groups in total. The summed E-state index contributed by atoms with van der Waals surface area (Å²) in [6.45, 7) is 3.13. The molecule has 5 nitrogen and oxygen atoms in total. The maximum Gasteiger partial charge on any atom is 0.340 e. The second kappa shape index (κ2) is 6.11. The fourth-order valence-electron chi connectivity index (χ4n) is 2.91. The summed E-state index contributed by atoms with van der Waals surface area (Å²) in [6.07, 6.45) is 7.79. The number of hydrogen-bond donors (Lipinski definition) is 2. The predicted molar refractivity (Wildman–Crippen MR) is 79.7 cm³/mol. The number of aromatic nitrogens is 1. The van der Waals surface area contributed by atoms with E-state index in [0.29, 0.717) is 22.5 Å². The first-order valence-corrected chi connectivity index (χ1v) is 7.18. The molecule has 0 radical (unpaired) electrons. The summed E-state index contributed by atoms with van der Waals surface area (Å²) in [5.74, 6) is 0.248. The van der Waals surface area contributed by atoms with Gasteiger partial charge in [-0.1, -0.05) is 19.8 Å². The Balaban J connectivity index is 2.08. The maximum atomic E-state index is 11.6. The molecule has 0 aliphatic heterocycles. The molecule has 0 saturated heterocycles. The molecule has 1 fully saturated rings. The van der Waals surface area contributed by atoms with Gasteiger partial charge >= 0.3 is 5.97 Å². The molecule has 1 aromatic rings. The summed E-state index contributed by atoms with van der Waals surface area (Å²) in [4.78, 5) is 15.8. The van der Waals surface area contributed by atoms with E-state index in [1.165, 1.54) is 45.4 Å².